The van der Waals surface area contributed by atoms with E-state index >= 15 is 0 Å². The van der Waals surface area contributed by atoms with Crippen LogP contribution in [0.25, 0.3) is 28.0 Å². The molecule has 0 atom stereocenters. The number of nitrogens with zero attached hydrogens (tertiary/aromatic N) is 7. The van der Waals surface area contributed by atoms with E-state index in [9.17, 15) is 9.18 Å². The molecule has 0 aliphatic heterocycles. The lowest BCUT2D eigenvalue weighted by Crippen LogP contribution is -2.25. The van der Waals surface area contributed by atoms with Crippen LogP contribution in [-0.2, 0) is 19.0 Å². The van der Waals surface area contributed by atoms with Crippen LogP contribution in [0.1, 0.15) is 35.9 Å². The lowest BCUT2D eigenvalue weighted by Gasteiger charge is -2.13. The predicted octanol–water partition coefficient (Wildman–Crippen LogP) is 3.36. The van der Waals surface area contributed by atoms with Crippen molar-refractivity contribution < 1.29 is 13.7 Å². The van der Waals surface area contributed by atoms with Crippen molar-refractivity contribution in [3.05, 3.63) is 72.4 Å². The van der Waals surface area contributed by atoms with Crippen LogP contribution in [0.4, 0.5) is 4.39 Å². The standard InChI is InChI=1S/C24H23FN8O2/c1-24(2,14-25)23-30-21(31-35-23)22(34)26-10-15-4-6-16(7-5-15)20-19-8-9-27-33(19)13-18(29-20)17-11-28-32(3)12-17/h4-9,11-13H,10,14H2,1-3H3,(H,26,34). The molecule has 1 aromatic carbocycles. The van der Waals surface area contributed by atoms with Gasteiger partial charge in [-0.15, -0.1) is 0 Å². The van der Waals surface area contributed by atoms with E-state index in [1.165, 1.54) is 0 Å². The second-order valence-corrected chi connectivity index (χ2v) is 8.86. The van der Waals surface area contributed by atoms with E-state index in [1.54, 1.807) is 35.4 Å². The Labute approximate surface area is 199 Å². The maximum absolute atomic E-state index is 13.1. The van der Waals surface area contributed by atoms with Crippen molar-refractivity contribution in [3.63, 3.8) is 0 Å². The third-order valence-electron chi connectivity index (χ3n) is 5.61. The Morgan fingerprint density at radius 3 is 2.60 bits per heavy atom. The summed E-state index contributed by atoms with van der Waals surface area (Å²) in [7, 11) is 1.86. The normalized spacial score (nSPS) is 11.8. The second kappa shape index (κ2) is 8.75. The van der Waals surface area contributed by atoms with Crippen molar-refractivity contribution in [1.29, 1.82) is 0 Å². The second-order valence-electron chi connectivity index (χ2n) is 8.86. The Morgan fingerprint density at radius 1 is 1.09 bits per heavy atom. The minimum absolute atomic E-state index is 0.0849. The predicted molar refractivity (Wildman–Crippen MR) is 125 cm³/mol. The smallest absolute Gasteiger partial charge is 0.292 e. The maximum atomic E-state index is 13.1. The number of halogens is 1. The van der Waals surface area contributed by atoms with Crippen LogP contribution < -0.4 is 5.32 Å². The first-order valence-corrected chi connectivity index (χ1v) is 10.9. The summed E-state index contributed by atoms with van der Waals surface area (Å²) in [5.74, 6) is -0.537. The highest BCUT2D eigenvalue weighted by molar-refractivity contribution is 5.90. The van der Waals surface area contributed by atoms with Gasteiger partial charge in [0.05, 0.1) is 40.9 Å². The first kappa shape index (κ1) is 22.4. The van der Waals surface area contributed by atoms with E-state index in [2.05, 4.69) is 25.7 Å². The number of hydrogen-bond acceptors (Lipinski definition) is 7. The Bertz CT molecular complexity index is 1500. The SMILES string of the molecule is Cn1cc(-c2cn3nccc3c(-c3ccc(CNC(=O)c4noc(C(C)(C)CF)n4)cc3)n2)cn1. The van der Waals surface area contributed by atoms with Crippen molar-refractivity contribution in [3.8, 4) is 22.5 Å². The summed E-state index contributed by atoms with van der Waals surface area (Å²) in [6, 6.07) is 9.62. The number of fused-ring (bicyclic) bond motifs is 1. The zero-order valence-electron chi connectivity index (χ0n) is 19.4. The van der Waals surface area contributed by atoms with Gasteiger partial charge in [-0.25, -0.2) is 13.9 Å². The number of amides is 1. The van der Waals surface area contributed by atoms with Gasteiger partial charge in [0, 0.05) is 30.9 Å². The monoisotopic (exact) mass is 474 g/mol. The topological polar surface area (TPSA) is 116 Å². The van der Waals surface area contributed by atoms with E-state index in [4.69, 9.17) is 9.51 Å². The zero-order valence-corrected chi connectivity index (χ0v) is 19.4. The van der Waals surface area contributed by atoms with Gasteiger partial charge in [-0.1, -0.05) is 29.4 Å². The van der Waals surface area contributed by atoms with Crippen LogP contribution in [0.2, 0.25) is 0 Å². The van der Waals surface area contributed by atoms with Gasteiger partial charge in [-0.05, 0) is 25.5 Å². The van der Waals surface area contributed by atoms with E-state index < -0.39 is 18.0 Å². The van der Waals surface area contributed by atoms with Gasteiger partial charge in [-0.2, -0.15) is 15.2 Å². The fourth-order valence-corrected chi connectivity index (χ4v) is 3.52. The summed E-state index contributed by atoms with van der Waals surface area (Å²) in [6.07, 6.45) is 7.27. The largest absolute Gasteiger partial charge is 0.345 e. The number of aryl methyl sites for hydroxylation is 1. The van der Waals surface area contributed by atoms with Crippen molar-refractivity contribution in [2.45, 2.75) is 25.8 Å². The lowest BCUT2D eigenvalue weighted by molar-refractivity contribution is 0.0937. The molecule has 178 valence electrons. The molecule has 10 nitrogen and oxygen atoms in total. The number of carbonyl (C=O) groups is 1. The molecule has 11 heteroatoms. The molecule has 4 heterocycles. The number of carbonyl (C=O) groups excluding carboxylic acids is 1. The Hall–Kier alpha value is -4.41. The highest BCUT2D eigenvalue weighted by Crippen LogP contribution is 2.27. The van der Waals surface area contributed by atoms with Gasteiger partial charge >= 0.3 is 0 Å². The molecule has 0 radical (unpaired) electrons. The molecule has 5 rings (SSSR count). The number of nitrogens with one attached hydrogen (secondary N) is 1. The maximum Gasteiger partial charge on any atom is 0.292 e. The molecule has 0 bridgehead atoms. The molecule has 1 N–H and O–H groups in total. The van der Waals surface area contributed by atoms with E-state index in [-0.39, 0.29) is 18.3 Å². The molecule has 1 amide bonds. The average Bonchev–Trinajstić information content (AvgIpc) is 3.63. The molecule has 4 aromatic heterocycles. The Morgan fingerprint density at radius 2 is 1.89 bits per heavy atom. The van der Waals surface area contributed by atoms with E-state index in [0.717, 1.165) is 33.6 Å². The molecule has 0 aliphatic rings. The van der Waals surface area contributed by atoms with Gasteiger partial charge in [0.25, 0.3) is 11.7 Å². The van der Waals surface area contributed by atoms with Crippen LogP contribution in [0.3, 0.4) is 0 Å². The molecule has 0 aliphatic carbocycles. The van der Waals surface area contributed by atoms with Gasteiger partial charge in [0.2, 0.25) is 5.89 Å². The molecule has 0 saturated heterocycles. The van der Waals surface area contributed by atoms with E-state index in [1.807, 2.05) is 49.8 Å². The third-order valence-corrected chi connectivity index (χ3v) is 5.61. The summed E-state index contributed by atoms with van der Waals surface area (Å²) in [5.41, 5.74) is 4.17. The summed E-state index contributed by atoms with van der Waals surface area (Å²) in [5, 5.41) is 15.0. The van der Waals surface area contributed by atoms with Crippen LogP contribution in [0, 0.1) is 0 Å². The zero-order chi connectivity index (χ0) is 24.6. The van der Waals surface area contributed by atoms with Gasteiger partial charge in [0.1, 0.15) is 6.67 Å². The van der Waals surface area contributed by atoms with Gasteiger partial charge in [0.15, 0.2) is 0 Å². The molecule has 0 fully saturated rings. The molecular formula is C24H23FN8O2. The molecule has 0 saturated carbocycles. The Kier molecular flexibility index (Phi) is 5.59. The first-order valence-electron chi connectivity index (χ1n) is 10.9. The van der Waals surface area contributed by atoms with Crippen LogP contribution in [0.15, 0.2) is 59.6 Å². The molecule has 0 spiro atoms. The number of hydrogen-bond donors (Lipinski definition) is 1. The minimum Gasteiger partial charge on any atom is -0.345 e. The lowest BCUT2D eigenvalue weighted by atomic mass is 9.96. The van der Waals surface area contributed by atoms with E-state index in [0.29, 0.717) is 0 Å². The molecular weight excluding hydrogens is 451 g/mol. The van der Waals surface area contributed by atoms with Crippen molar-refractivity contribution in [2.24, 2.45) is 7.05 Å². The number of benzene rings is 1. The quantitative estimate of drug-likeness (QED) is 0.384. The van der Waals surface area contributed by atoms with Crippen LogP contribution in [0.5, 0.6) is 0 Å². The summed E-state index contributed by atoms with van der Waals surface area (Å²) >= 11 is 0. The molecule has 5 aromatic rings. The fraction of sp³-hybridized carbons (Fsp3) is 0.250. The number of aromatic nitrogens is 7. The van der Waals surface area contributed by atoms with Crippen LogP contribution >= 0.6 is 0 Å². The van der Waals surface area contributed by atoms with Crippen molar-refractivity contribution in [2.75, 3.05) is 6.67 Å². The number of rotatable bonds is 7. The Balaban J connectivity index is 1.33. The average molecular weight is 475 g/mol. The summed E-state index contributed by atoms with van der Waals surface area (Å²) in [4.78, 5) is 21.3. The minimum atomic E-state index is -0.940. The molecule has 0 unspecified atom stereocenters. The number of alkyl halides is 1. The van der Waals surface area contributed by atoms with Gasteiger partial charge in [-0.3, -0.25) is 9.48 Å². The van der Waals surface area contributed by atoms with Crippen molar-refractivity contribution >= 4 is 11.4 Å². The highest BCUT2D eigenvalue weighted by Gasteiger charge is 2.29. The van der Waals surface area contributed by atoms with Gasteiger partial charge < -0.3 is 9.84 Å². The third kappa shape index (κ3) is 4.39. The van der Waals surface area contributed by atoms with Crippen LogP contribution in [-0.4, -0.2) is 47.1 Å². The van der Waals surface area contributed by atoms with Crippen molar-refractivity contribution in [1.82, 2.24) is 39.8 Å². The summed E-state index contributed by atoms with van der Waals surface area (Å²) < 4.78 is 21.7. The summed E-state index contributed by atoms with van der Waals surface area (Å²) in [6.45, 7) is 2.85. The fourth-order valence-electron chi connectivity index (χ4n) is 3.52. The molecule has 35 heavy (non-hydrogen) atoms. The highest BCUT2D eigenvalue weighted by atomic mass is 19.1. The first-order chi connectivity index (χ1) is 16.8.